The number of hydrogen-bond acceptors (Lipinski definition) is 2. The first-order valence-electron chi connectivity index (χ1n) is 5.86. The van der Waals surface area contributed by atoms with Gasteiger partial charge in [-0.25, -0.2) is 0 Å². The molecule has 0 aromatic carbocycles. The summed E-state index contributed by atoms with van der Waals surface area (Å²) >= 11 is 0. The highest BCUT2D eigenvalue weighted by Gasteiger charge is 2.29. The minimum Gasteiger partial charge on any atom is -0.342 e. The van der Waals surface area contributed by atoms with Crippen LogP contribution in [0.3, 0.4) is 0 Å². The molecule has 0 radical (unpaired) electrons. The second kappa shape index (κ2) is 4.52. The monoisotopic (exact) mass is 212 g/mol. The molecule has 15 heavy (non-hydrogen) atoms. The van der Waals surface area contributed by atoms with Crippen molar-refractivity contribution in [1.82, 2.24) is 4.90 Å². The molecular formula is C12H24N2O. The molecule has 0 spiro atoms. The summed E-state index contributed by atoms with van der Waals surface area (Å²) in [5.41, 5.74) is 5.64. The van der Waals surface area contributed by atoms with Crippen LogP contribution in [0.2, 0.25) is 0 Å². The van der Waals surface area contributed by atoms with Crippen molar-refractivity contribution in [1.29, 1.82) is 0 Å². The molecule has 1 aliphatic rings. The largest absolute Gasteiger partial charge is 0.342 e. The van der Waals surface area contributed by atoms with Crippen LogP contribution in [-0.2, 0) is 4.79 Å². The van der Waals surface area contributed by atoms with Crippen LogP contribution < -0.4 is 5.73 Å². The molecule has 1 heterocycles. The predicted molar refractivity (Wildman–Crippen MR) is 62.4 cm³/mol. The Labute approximate surface area is 93.0 Å². The van der Waals surface area contributed by atoms with Crippen LogP contribution in [0.5, 0.6) is 0 Å². The number of nitrogens with zero attached hydrogens (tertiary/aromatic N) is 1. The fraction of sp³-hybridized carbons (Fsp3) is 0.917. The first kappa shape index (κ1) is 12.5. The second-order valence-electron chi connectivity index (χ2n) is 5.74. The quantitative estimate of drug-likeness (QED) is 0.772. The zero-order chi connectivity index (χ0) is 11.6. The van der Waals surface area contributed by atoms with Crippen LogP contribution in [0.25, 0.3) is 0 Å². The summed E-state index contributed by atoms with van der Waals surface area (Å²) in [4.78, 5) is 13.8. The number of nitrogens with two attached hydrogens (primary N) is 1. The van der Waals surface area contributed by atoms with Crippen LogP contribution in [0.1, 0.15) is 40.5 Å². The highest BCUT2D eigenvalue weighted by Crippen LogP contribution is 2.23. The first-order chi connectivity index (χ1) is 6.79. The molecule has 0 bridgehead atoms. The van der Waals surface area contributed by atoms with Crippen molar-refractivity contribution in [2.45, 2.75) is 46.1 Å². The van der Waals surface area contributed by atoms with Gasteiger partial charge < -0.3 is 10.6 Å². The Morgan fingerprint density at radius 1 is 1.33 bits per heavy atom. The SMILES string of the molecule is CC1CN(C(=O)CCC(C)(C)N)CC1C. The lowest BCUT2D eigenvalue weighted by molar-refractivity contribution is -0.130. The van der Waals surface area contributed by atoms with Gasteiger partial charge in [0.1, 0.15) is 0 Å². The van der Waals surface area contributed by atoms with E-state index in [9.17, 15) is 4.79 Å². The van der Waals surface area contributed by atoms with Gasteiger partial charge in [-0.1, -0.05) is 13.8 Å². The van der Waals surface area contributed by atoms with E-state index in [0.717, 1.165) is 19.5 Å². The van der Waals surface area contributed by atoms with E-state index in [4.69, 9.17) is 5.73 Å². The van der Waals surface area contributed by atoms with Gasteiger partial charge in [-0.2, -0.15) is 0 Å². The number of likely N-dealkylation sites (tertiary alicyclic amines) is 1. The van der Waals surface area contributed by atoms with Gasteiger partial charge in [0.25, 0.3) is 0 Å². The molecule has 1 fully saturated rings. The van der Waals surface area contributed by atoms with Gasteiger partial charge in [-0.05, 0) is 32.1 Å². The fourth-order valence-corrected chi connectivity index (χ4v) is 1.92. The number of amides is 1. The minimum atomic E-state index is -0.230. The smallest absolute Gasteiger partial charge is 0.222 e. The van der Waals surface area contributed by atoms with E-state index >= 15 is 0 Å². The summed E-state index contributed by atoms with van der Waals surface area (Å²) < 4.78 is 0. The van der Waals surface area contributed by atoms with Crippen LogP contribution >= 0.6 is 0 Å². The highest BCUT2D eigenvalue weighted by atomic mass is 16.2. The molecule has 2 unspecified atom stereocenters. The molecule has 2 N–H and O–H groups in total. The molecular weight excluding hydrogens is 188 g/mol. The van der Waals surface area contributed by atoms with Gasteiger partial charge >= 0.3 is 0 Å². The van der Waals surface area contributed by atoms with Crippen LogP contribution in [0, 0.1) is 11.8 Å². The summed E-state index contributed by atoms with van der Waals surface area (Å²) in [5, 5.41) is 0. The Morgan fingerprint density at radius 3 is 2.20 bits per heavy atom. The maximum atomic E-state index is 11.9. The van der Waals surface area contributed by atoms with Crippen molar-refractivity contribution in [3.05, 3.63) is 0 Å². The lowest BCUT2D eigenvalue weighted by Gasteiger charge is -2.21. The van der Waals surface area contributed by atoms with Gasteiger partial charge in [0, 0.05) is 25.0 Å². The summed E-state index contributed by atoms with van der Waals surface area (Å²) in [6.07, 6.45) is 1.36. The van der Waals surface area contributed by atoms with Crippen molar-refractivity contribution in [2.24, 2.45) is 17.6 Å². The third-order valence-electron chi connectivity index (χ3n) is 3.32. The molecule has 1 rings (SSSR count). The van der Waals surface area contributed by atoms with Crippen LogP contribution in [0.4, 0.5) is 0 Å². The van der Waals surface area contributed by atoms with E-state index in [2.05, 4.69) is 13.8 Å². The minimum absolute atomic E-state index is 0.230. The molecule has 0 aromatic rings. The van der Waals surface area contributed by atoms with E-state index in [1.165, 1.54) is 0 Å². The van der Waals surface area contributed by atoms with Crippen molar-refractivity contribution >= 4 is 5.91 Å². The Morgan fingerprint density at radius 2 is 1.80 bits per heavy atom. The van der Waals surface area contributed by atoms with Crippen molar-refractivity contribution in [3.8, 4) is 0 Å². The van der Waals surface area contributed by atoms with Gasteiger partial charge in [-0.3, -0.25) is 4.79 Å². The lowest BCUT2D eigenvalue weighted by Crippen LogP contribution is -2.35. The van der Waals surface area contributed by atoms with Crippen molar-refractivity contribution < 1.29 is 4.79 Å². The summed E-state index contributed by atoms with van der Waals surface area (Å²) in [6.45, 7) is 10.2. The van der Waals surface area contributed by atoms with Gasteiger partial charge in [0.2, 0.25) is 5.91 Å². The predicted octanol–water partition coefficient (Wildman–Crippen LogP) is 1.62. The maximum absolute atomic E-state index is 11.9. The molecule has 3 heteroatoms. The van der Waals surface area contributed by atoms with E-state index in [1.807, 2.05) is 18.7 Å². The van der Waals surface area contributed by atoms with Gasteiger partial charge in [0.15, 0.2) is 0 Å². The van der Waals surface area contributed by atoms with E-state index in [1.54, 1.807) is 0 Å². The zero-order valence-electron chi connectivity index (χ0n) is 10.4. The Hall–Kier alpha value is -0.570. The average molecular weight is 212 g/mol. The Balaban J connectivity index is 2.36. The third-order valence-corrected chi connectivity index (χ3v) is 3.32. The molecule has 3 nitrogen and oxygen atoms in total. The summed E-state index contributed by atoms with van der Waals surface area (Å²) in [5.74, 6) is 1.55. The molecule has 0 aliphatic carbocycles. The fourth-order valence-electron chi connectivity index (χ4n) is 1.92. The average Bonchev–Trinajstić information content (AvgIpc) is 2.42. The standard InChI is InChI=1S/C12H24N2O/c1-9-7-14(8-10(9)2)11(15)5-6-12(3,4)13/h9-10H,5-8,13H2,1-4H3. The molecule has 1 amide bonds. The van der Waals surface area contributed by atoms with Crippen molar-refractivity contribution in [2.75, 3.05) is 13.1 Å². The van der Waals surface area contributed by atoms with Crippen molar-refractivity contribution in [3.63, 3.8) is 0 Å². The van der Waals surface area contributed by atoms with E-state index in [-0.39, 0.29) is 11.4 Å². The first-order valence-corrected chi connectivity index (χ1v) is 5.86. The molecule has 0 saturated carbocycles. The van der Waals surface area contributed by atoms with Crippen LogP contribution in [0.15, 0.2) is 0 Å². The summed E-state index contributed by atoms with van der Waals surface area (Å²) in [6, 6.07) is 0. The Bertz CT molecular complexity index is 222. The number of carbonyl (C=O) groups excluding carboxylic acids is 1. The molecule has 1 saturated heterocycles. The normalized spacial score (nSPS) is 27.1. The van der Waals surface area contributed by atoms with E-state index < -0.39 is 0 Å². The molecule has 2 atom stereocenters. The Kier molecular flexibility index (Phi) is 3.77. The van der Waals surface area contributed by atoms with Gasteiger partial charge in [0.05, 0.1) is 0 Å². The van der Waals surface area contributed by atoms with Crippen LogP contribution in [-0.4, -0.2) is 29.4 Å². The third kappa shape index (κ3) is 3.82. The highest BCUT2D eigenvalue weighted by molar-refractivity contribution is 5.76. The number of hydrogen-bond donors (Lipinski definition) is 1. The van der Waals surface area contributed by atoms with E-state index in [0.29, 0.717) is 18.3 Å². The molecule has 1 aliphatic heterocycles. The topological polar surface area (TPSA) is 46.3 Å². The maximum Gasteiger partial charge on any atom is 0.222 e. The zero-order valence-corrected chi connectivity index (χ0v) is 10.4. The molecule has 88 valence electrons. The molecule has 0 aromatic heterocycles. The number of carbonyl (C=O) groups is 1. The lowest BCUT2D eigenvalue weighted by atomic mass is 10.00. The number of rotatable bonds is 3. The summed E-state index contributed by atoms with van der Waals surface area (Å²) in [7, 11) is 0. The second-order valence-corrected chi connectivity index (χ2v) is 5.74. The van der Waals surface area contributed by atoms with Gasteiger partial charge in [-0.15, -0.1) is 0 Å².